The smallest absolute Gasteiger partial charge is 0.153 e. The van der Waals surface area contributed by atoms with Gasteiger partial charge in [-0.05, 0) is 45.5 Å². The standard InChI is InChI=1S/C15H21NO2/c1-16(2)13-8-4-6-10-15(13)18-14-9-5-3-7-12(14)11-17/h3,5,7,9,11,13,15H,4,6,8,10H2,1-2H3. The Morgan fingerprint density at radius 2 is 1.94 bits per heavy atom. The lowest BCUT2D eigenvalue weighted by Crippen LogP contribution is -2.44. The predicted octanol–water partition coefficient (Wildman–Crippen LogP) is 2.75. The van der Waals surface area contributed by atoms with Crippen LogP contribution in [-0.2, 0) is 0 Å². The van der Waals surface area contributed by atoms with E-state index in [0.29, 0.717) is 17.4 Å². The molecule has 1 fully saturated rings. The summed E-state index contributed by atoms with van der Waals surface area (Å²) in [6.45, 7) is 0. The SMILES string of the molecule is CN(C)C1CCCCC1Oc1ccccc1C=O. The number of likely N-dealkylation sites (N-methyl/N-ethyl adjacent to an activating group) is 1. The van der Waals surface area contributed by atoms with E-state index in [-0.39, 0.29) is 6.10 Å². The fourth-order valence-corrected chi connectivity index (χ4v) is 2.65. The molecule has 18 heavy (non-hydrogen) atoms. The van der Waals surface area contributed by atoms with Crippen molar-refractivity contribution in [2.24, 2.45) is 0 Å². The second kappa shape index (κ2) is 6.01. The lowest BCUT2D eigenvalue weighted by atomic mass is 9.91. The van der Waals surface area contributed by atoms with Crippen molar-refractivity contribution in [3.63, 3.8) is 0 Å². The van der Waals surface area contributed by atoms with E-state index in [9.17, 15) is 4.79 Å². The molecule has 98 valence electrons. The maximum atomic E-state index is 11.0. The molecule has 1 aliphatic rings. The fraction of sp³-hybridized carbons (Fsp3) is 0.533. The van der Waals surface area contributed by atoms with E-state index in [1.54, 1.807) is 6.07 Å². The van der Waals surface area contributed by atoms with Crippen LogP contribution in [0.3, 0.4) is 0 Å². The van der Waals surface area contributed by atoms with Gasteiger partial charge < -0.3 is 9.64 Å². The molecular weight excluding hydrogens is 226 g/mol. The van der Waals surface area contributed by atoms with Crippen molar-refractivity contribution >= 4 is 6.29 Å². The van der Waals surface area contributed by atoms with Crippen LogP contribution < -0.4 is 4.74 Å². The molecule has 0 N–H and O–H groups in total. The van der Waals surface area contributed by atoms with Gasteiger partial charge in [0.1, 0.15) is 11.9 Å². The third kappa shape index (κ3) is 2.91. The second-order valence-corrected chi connectivity index (χ2v) is 5.13. The summed E-state index contributed by atoms with van der Waals surface area (Å²) in [6.07, 6.45) is 5.76. The Labute approximate surface area is 109 Å². The quantitative estimate of drug-likeness (QED) is 0.766. The van der Waals surface area contributed by atoms with Crippen LogP contribution in [0.1, 0.15) is 36.0 Å². The van der Waals surface area contributed by atoms with E-state index < -0.39 is 0 Å². The molecule has 2 rings (SSSR count). The molecule has 0 radical (unpaired) electrons. The third-order valence-corrected chi connectivity index (χ3v) is 3.66. The van der Waals surface area contributed by atoms with Crippen molar-refractivity contribution in [1.82, 2.24) is 4.90 Å². The summed E-state index contributed by atoms with van der Waals surface area (Å²) in [4.78, 5) is 13.2. The maximum Gasteiger partial charge on any atom is 0.153 e. The fourth-order valence-electron chi connectivity index (χ4n) is 2.65. The highest BCUT2D eigenvalue weighted by molar-refractivity contribution is 5.79. The summed E-state index contributed by atoms with van der Waals surface area (Å²) in [5, 5.41) is 0. The summed E-state index contributed by atoms with van der Waals surface area (Å²) in [7, 11) is 4.19. The number of para-hydroxylation sites is 1. The number of ether oxygens (including phenoxy) is 1. The van der Waals surface area contributed by atoms with E-state index in [1.807, 2.05) is 18.2 Å². The number of benzene rings is 1. The highest BCUT2D eigenvalue weighted by Gasteiger charge is 2.28. The first-order chi connectivity index (χ1) is 8.72. The van der Waals surface area contributed by atoms with Crippen LogP contribution in [0.4, 0.5) is 0 Å². The summed E-state index contributed by atoms with van der Waals surface area (Å²) in [5.41, 5.74) is 0.639. The minimum absolute atomic E-state index is 0.190. The first-order valence-electron chi connectivity index (χ1n) is 6.59. The van der Waals surface area contributed by atoms with Gasteiger partial charge >= 0.3 is 0 Å². The molecule has 0 aliphatic heterocycles. The van der Waals surface area contributed by atoms with E-state index in [2.05, 4.69) is 19.0 Å². The molecule has 0 saturated heterocycles. The molecule has 3 nitrogen and oxygen atoms in total. The number of hydrogen-bond acceptors (Lipinski definition) is 3. The molecule has 2 atom stereocenters. The molecule has 0 heterocycles. The van der Waals surface area contributed by atoms with Crippen molar-refractivity contribution in [1.29, 1.82) is 0 Å². The average Bonchev–Trinajstić information content (AvgIpc) is 2.40. The summed E-state index contributed by atoms with van der Waals surface area (Å²) in [5.74, 6) is 0.714. The summed E-state index contributed by atoms with van der Waals surface area (Å²) < 4.78 is 6.08. The van der Waals surface area contributed by atoms with E-state index in [4.69, 9.17) is 4.74 Å². The molecule has 1 aliphatic carbocycles. The van der Waals surface area contributed by atoms with Crippen LogP contribution in [0.25, 0.3) is 0 Å². The normalized spacial score (nSPS) is 23.9. The topological polar surface area (TPSA) is 29.5 Å². The second-order valence-electron chi connectivity index (χ2n) is 5.13. The molecule has 1 aromatic rings. The molecule has 1 saturated carbocycles. The first-order valence-corrected chi connectivity index (χ1v) is 6.59. The Bertz CT molecular complexity index is 403. The third-order valence-electron chi connectivity index (χ3n) is 3.66. The minimum atomic E-state index is 0.190. The zero-order valence-electron chi connectivity index (χ0n) is 11.1. The molecular formula is C15H21NO2. The van der Waals surface area contributed by atoms with Crippen LogP contribution in [0, 0.1) is 0 Å². The Hall–Kier alpha value is -1.35. The summed E-state index contributed by atoms with van der Waals surface area (Å²) in [6, 6.07) is 7.90. The lowest BCUT2D eigenvalue weighted by Gasteiger charge is -2.36. The number of carbonyl (C=O) groups excluding carboxylic acids is 1. The Morgan fingerprint density at radius 1 is 1.22 bits per heavy atom. The predicted molar refractivity (Wildman–Crippen MR) is 72.2 cm³/mol. The van der Waals surface area contributed by atoms with Crippen molar-refractivity contribution in [3.8, 4) is 5.75 Å². The van der Waals surface area contributed by atoms with Gasteiger partial charge in [0.25, 0.3) is 0 Å². The zero-order valence-corrected chi connectivity index (χ0v) is 11.1. The number of nitrogens with zero attached hydrogens (tertiary/aromatic N) is 1. The van der Waals surface area contributed by atoms with Gasteiger partial charge in [-0.15, -0.1) is 0 Å². The van der Waals surface area contributed by atoms with E-state index in [1.165, 1.54) is 19.3 Å². The van der Waals surface area contributed by atoms with Crippen molar-refractivity contribution in [2.45, 2.75) is 37.8 Å². The van der Waals surface area contributed by atoms with Gasteiger partial charge in [-0.2, -0.15) is 0 Å². The monoisotopic (exact) mass is 247 g/mol. The number of aldehydes is 1. The van der Waals surface area contributed by atoms with Crippen LogP contribution in [0.15, 0.2) is 24.3 Å². The highest BCUT2D eigenvalue weighted by Crippen LogP contribution is 2.27. The molecule has 0 aromatic heterocycles. The Kier molecular flexibility index (Phi) is 4.37. The first kappa shape index (κ1) is 13.1. The van der Waals surface area contributed by atoms with Crippen molar-refractivity contribution < 1.29 is 9.53 Å². The van der Waals surface area contributed by atoms with Gasteiger partial charge in [-0.25, -0.2) is 0 Å². The average molecular weight is 247 g/mol. The number of hydrogen-bond donors (Lipinski definition) is 0. The van der Waals surface area contributed by atoms with Crippen LogP contribution in [0.5, 0.6) is 5.75 Å². The van der Waals surface area contributed by atoms with Gasteiger partial charge in [0, 0.05) is 6.04 Å². The highest BCUT2D eigenvalue weighted by atomic mass is 16.5. The molecule has 3 heteroatoms. The Balaban J connectivity index is 2.13. The number of rotatable bonds is 4. The van der Waals surface area contributed by atoms with E-state index >= 15 is 0 Å². The van der Waals surface area contributed by atoms with Crippen molar-refractivity contribution in [2.75, 3.05) is 14.1 Å². The Morgan fingerprint density at radius 3 is 2.67 bits per heavy atom. The number of carbonyl (C=O) groups is 1. The minimum Gasteiger partial charge on any atom is -0.488 e. The van der Waals surface area contributed by atoms with Crippen molar-refractivity contribution in [3.05, 3.63) is 29.8 Å². The van der Waals surface area contributed by atoms with Gasteiger partial charge in [-0.3, -0.25) is 4.79 Å². The summed E-state index contributed by atoms with van der Waals surface area (Å²) >= 11 is 0. The molecule has 1 aromatic carbocycles. The van der Waals surface area contributed by atoms with Gasteiger partial charge in [0.05, 0.1) is 5.56 Å². The maximum absolute atomic E-state index is 11.0. The molecule has 2 unspecified atom stereocenters. The van der Waals surface area contributed by atoms with Crippen LogP contribution in [0.2, 0.25) is 0 Å². The lowest BCUT2D eigenvalue weighted by molar-refractivity contribution is 0.0615. The van der Waals surface area contributed by atoms with Crippen LogP contribution >= 0.6 is 0 Å². The molecule has 0 amide bonds. The van der Waals surface area contributed by atoms with E-state index in [0.717, 1.165) is 12.7 Å². The molecule has 0 bridgehead atoms. The van der Waals surface area contributed by atoms with Gasteiger partial charge in [0.2, 0.25) is 0 Å². The van der Waals surface area contributed by atoms with Crippen LogP contribution in [-0.4, -0.2) is 37.4 Å². The van der Waals surface area contributed by atoms with Gasteiger partial charge in [0.15, 0.2) is 6.29 Å². The largest absolute Gasteiger partial charge is 0.488 e. The zero-order chi connectivity index (χ0) is 13.0. The molecule has 0 spiro atoms. The van der Waals surface area contributed by atoms with Gasteiger partial charge in [-0.1, -0.05) is 18.6 Å².